The van der Waals surface area contributed by atoms with Crippen molar-refractivity contribution in [3.05, 3.63) is 115 Å². The highest BCUT2D eigenvalue weighted by Crippen LogP contribution is 2.34. The molecule has 2 amide bonds. The van der Waals surface area contributed by atoms with Crippen molar-refractivity contribution in [1.82, 2.24) is 14.5 Å². The van der Waals surface area contributed by atoms with Crippen molar-refractivity contribution in [2.45, 2.75) is 6.92 Å². The summed E-state index contributed by atoms with van der Waals surface area (Å²) < 4.78 is 6.65. The molecule has 0 aliphatic rings. The lowest BCUT2D eigenvalue weighted by molar-refractivity contribution is -0.114. The van der Waals surface area contributed by atoms with Crippen molar-refractivity contribution in [3.63, 3.8) is 0 Å². The molecule has 0 unspecified atom stereocenters. The van der Waals surface area contributed by atoms with Gasteiger partial charge in [-0.25, -0.2) is 9.97 Å². The summed E-state index contributed by atoms with van der Waals surface area (Å²) in [5, 5.41) is 26.6. The smallest absolute Gasteiger partial charge is 0.259 e. The van der Waals surface area contributed by atoms with Crippen LogP contribution >= 0.6 is 0 Å². The Bertz CT molecular complexity index is 2100. The van der Waals surface area contributed by atoms with Crippen molar-refractivity contribution in [3.8, 4) is 34.6 Å². The van der Waals surface area contributed by atoms with Gasteiger partial charge in [0.1, 0.15) is 23.2 Å². The first-order valence-corrected chi connectivity index (χ1v) is 14.2. The molecule has 234 valence electrons. The molecule has 0 bridgehead atoms. The van der Waals surface area contributed by atoms with Crippen LogP contribution in [0.2, 0.25) is 0 Å². The van der Waals surface area contributed by atoms with E-state index < -0.39 is 5.91 Å². The maximum absolute atomic E-state index is 12.4. The standard InChI is InChI=1S/C18H16N2O3.C17H14N6O/c1-23-13-8-6-12(7-9-13)20-18(22)15-10-11-4-2-3-5-14(11)16(19)17(15)21;1-11(24)22-13-5-3-12(4-6-13)15-10-23(16(19)14(15)9-18)17-20-7-2-8-21-17/h2-10,21H,19H2,1H3,(H,20,22);2-8,10H,19H2,1H3,(H,22,24). The number of anilines is 4. The van der Waals surface area contributed by atoms with E-state index in [4.69, 9.17) is 16.2 Å². The molecule has 0 radical (unpaired) electrons. The topological polar surface area (TPSA) is 194 Å². The van der Waals surface area contributed by atoms with E-state index >= 15 is 0 Å². The number of ether oxygens (including phenoxy) is 1. The van der Waals surface area contributed by atoms with Crippen LogP contribution in [0.25, 0.3) is 27.8 Å². The first-order chi connectivity index (χ1) is 22.7. The largest absolute Gasteiger partial charge is 0.505 e. The van der Waals surface area contributed by atoms with E-state index in [2.05, 4.69) is 26.7 Å². The van der Waals surface area contributed by atoms with Gasteiger partial charge in [0.2, 0.25) is 11.9 Å². The number of nitrogens with one attached hydrogen (secondary N) is 2. The van der Waals surface area contributed by atoms with Crippen LogP contribution in [0.4, 0.5) is 22.9 Å². The Hall–Kier alpha value is -6.87. The summed E-state index contributed by atoms with van der Waals surface area (Å²) in [5.41, 5.74) is 15.5. The van der Waals surface area contributed by atoms with Crippen LogP contribution in [0.15, 0.2) is 104 Å². The van der Waals surface area contributed by atoms with E-state index in [1.807, 2.05) is 30.3 Å². The van der Waals surface area contributed by atoms with Crippen molar-refractivity contribution < 1.29 is 19.4 Å². The Morgan fingerprint density at radius 3 is 2.19 bits per heavy atom. The van der Waals surface area contributed by atoms with Crippen molar-refractivity contribution in [2.75, 3.05) is 29.2 Å². The molecule has 0 spiro atoms. The average Bonchev–Trinajstić information content (AvgIpc) is 3.43. The molecule has 12 nitrogen and oxygen atoms in total. The Balaban J connectivity index is 0.000000185. The normalized spacial score (nSPS) is 10.3. The quantitative estimate of drug-likeness (QED) is 0.113. The minimum absolute atomic E-state index is 0.136. The van der Waals surface area contributed by atoms with Gasteiger partial charge in [0.05, 0.1) is 18.4 Å². The number of methoxy groups -OCH3 is 1. The molecule has 7 N–H and O–H groups in total. The van der Waals surface area contributed by atoms with Crippen LogP contribution in [0.1, 0.15) is 22.8 Å². The third kappa shape index (κ3) is 6.95. The van der Waals surface area contributed by atoms with Gasteiger partial charge < -0.3 is 31.9 Å². The molecule has 0 aliphatic carbocycles. The van der Waals surface area contributed by atoms with Gasteiger partial charge in [-0.3, -0.25) is 14.2 Å². The fraction of sp³-hybridized carbons (Fsp3) is 0.0571. The van der Waals surface area contributed by atoms with Gasteiger partial charge in [-0.15, -0.1) is 0 Å². The Kier molecular flexibility index (Phi) is 9.29. The van der Waals surface area contributed by atoms with Gasteiger partial charge in [-0.2, -0.15) is 5.26 Å². The average molecular weight is 627 g/mol. The molecule has 4 aromatic carbocycles. The summed E-state index contributed by atoms with van der Waals surface area (Å²) in [6, 6.07) is 26.9. The van der Waals surface area contributed by atoms with Crippen LogP contribution in [-0.2, 0) is 4.79 Å². The molecule has 0 saturated heterocycles. The van der Waals surface area contributed by atoms with Gasteiger partial charge in [-0.05, 0) is 59.5 Å². The molecular weight excluding hydrogens is 596 g/mol. The third-order valence-electron chi connectivity index (χ3n) is 7.09. The summed E-state index contributed by atoms with van der Waals surface area (Å²) in [5.74, 6) is 0.593. The number of nitrogen functional groups attached to an aromatic ring is 2. The van der Waals surface area contributed by atoms with E-state index in [1.165, 1.54) is 6.92 Å². The summed E-state index contributed by atoms with van der Waals surface area (Å²) >= 11 is 0. The van der Waals surface area contributed by atoms with Crippen molar-refractivity contribution >= 4 is 45.5 Å². The molecule has 0 fully saturated rings. The van der Waals surface area contributed by atoms with Crippen LogP contribution < -0.4 is 26.8 Å². The minimum atomic E-state index is -0.426. The molecule has 12 heteroatoms. The minimum Gasteiger partial charge on any atom is -0.505 e. The molecule has 2 heterocycles. The van der Waals surface area contributed by atoms with E-state index in [0.717, 1.165) is 10.9 Å². The van der Waals surface area contributed by atoms with E-state index in [9.17, 15) is 20.0 Å². The van der Waals surface area contributed by atoms with E-state index in [-0.39, 0.29) is 28.7 Å². The third-order valence-corrected chi connectivity index (χ3v) is 7.09. The van der Waals surface area contributed by atoms with Crippen LogP contribution in [0, 0.1) is 11.3 Å². The zero-order chi connectivity index (χ0) is 33.5. The molecule has 6 aromatic rings. The highest BCUT2D eigenvalue weighted by molar-refractivity contribution is 6.11. The Labute approximate surface area is 269 Å². The van der Waals surface area contributed by atoms with Gasteiger partial charge >= 0.3 is 0 Å². The SMILES string of the molecule is CC(=O)Nc1ccc(-c2cn(-c3ncccn3)c(N)c2C#N)cc1.COc1ccc(NC(=O)c2cc3ccccc3c(N)c2O)cc1. The first-order valence-electron chi connectivity index (χ1n) is 14.2. The van der Waals surface area contributed by atoms with Gasteiger partial charge in [0, 0.05) is 47.8 Å². The Morgan fingerprint density at radius 1 is 0.915 bits per heavy atom. The molecule has 2 aromatic heterocycles. The van der Waals surface area contributed by atoms with Crippen LogP contribution in [0.5, 0.6) is 11.5 Å². The summed E-state index contributed by atoms with van der Waals surface area (Å²) in [6.07, 6.45) is 4.95. The molecular formula is C35H30N8O4. The molecule has 47 heavy (non-hydrogen) atoms. The number of rotatable bonds is 6. The fourth-order valence-electron chi connectivity index (χ4n) is 4.79. The van der Waals surface area contributed by atoms with Gasteiger partial charge in [-0.1, -0.05) is 36.4 Å². The number of nitrogens with two attached hydrogens (primary N) is 2. The maximum Gasteiger partial charge on any atom is 0.259 e. The lowest BCUT2D eigenvalue weighted by atomic mass is 10.0. The number of fused-ring (bicyclic) bond motifs is 1. The second-order valence-corrected chi connectivity index (χ2v) is 10.2. The monoisotopic (exact) mass is 626 g/mol. The lowest BCUT2D eigenvalue weighted by Crippen LogP contribution is -2.12. The second-order valence-electron chi connectivity index (χ2n) is 10.2. The highest BCUT2D eigenvalue weighted by Gasteiger charge is 2.18. The number of hydrogen-bond donors (Lipinski definition) is 5. The number of phenolic OH excluding ortho intramolecular Hbond substituents is 1. The second kappa shape index (κ2) is 13.8. The van der Waals surface area contributed by atoms with E-state index in [0.29, 0.717) is 39.6 Å². The van der Waals surface area contributed by atoms with Crippen LogP contribution in [0.3, 0.4) is 0 Å². The molecule has 0 atom stereocenters. The summed E-state index contributed by atoms with van der Waals surface area (Å²) in [6.45, 7) is 1.45. The number of hydrogen-bond acceptors (Lipinski definition) is 9. The summed E-state index contributed by atoms with van der Waals surface area (Å²) in [7, 11) is 1.57. The Morgan fingerprint density at radius 2 is 1.55 bits per heavy atom. The molecule has 6 rings (SSSR count). The zero-order valence-electron chi connectivity index (χ0n) is 25.4. The van der Waals surface area contributed by atoms with Crippen LogP contribution in [-0.4, -0.2) is 38.6 Å². The summed E-state index contributed by atoms with van der Waals surface area (Å²) in [4.78, 5) is 31.8. The predicted molar refractivity (Wildman–Crippen MR) is 181 cm³/mol. The number of nitriles is 1. The fourth-order valence-corrected chi connectivity index (χ4v) is 4.79. The lowest BCUT2D eigenvalue weighted by Gasteiger charge is -2.11. The highest BCUT2D eigenvalue weighted by atomic mass is 16.5. The number of carbonyl (C=O) groups is 2. The number of carbonyl (C=O) groups excluding carboxylic acids is 2. The number of aromatic hydroxyl groups is 1. The number of benzene rings is 4. The van der Waals surface area contributed by atoms with Gasteiger partial charge in [0.25, 0.3) is 5.91 Å². The first kappa shape index (κ1) is 31.6. The number of nitrogens with zero attached hydrogens (tertiary/aromatic N) is 4. The predicted octanol–water partition coefficient (Wildman–Crippen LogP) is 5.74. The number of phenols is 1. The molecule has 0 saturated carbocycles. The maximum atomic E-state index is 12.4. The number of amides is 2. The van der Waals surface area contributed by atoms with Crippen molar-refractivity contribution in [2.24, 2.45) is 0 Å². The van der Waals surface area contributed by atoms with E-state index in [1.54, 1.807) is 84.9 Å². The number of aromatic nitrogens is 3. The van der Waals surface area contributed by atoms with Gasteiger partial charge in [0.15, 0.2) is 5.75 Å². The van der Waals surface area contributed by atoms with Crippen molar-refractivity contribution in [1.29, 1.82) is 5.26 Å². The zero-order valence-corrected chi connectivity index (χ0v) is 25.4. The molecule has 0 aliphatic heterocycles.